The van der Waals surface area contributed by atoms with Crippen molar-refractivity contribution in [2.24, 2.45) is 0 Å². The molecule has 140 valence electrons. The zero-order valence-electron chi connectivity index (χ0n) is 15.3. The largest absolute Gasteiger partial charge is 0.305 e. The lowest BCUT2D eigenvalue weighted by molar-refractivity contribution is 0.102. The van der Waals surface area contributed by atoms with Crippen LogP contribution in [0.4, 0.5) is 5.82 Å². The Bertz CT molecular complexity index is 1190. The van der Waals surface area contributed by atoms with Crippen molar-refractivity contribution >= 4 is 45.8 Å². The maximum Gasteiger partial charge on any atom is 0.258 e. The quantitative estimate of drug-likeness (QED) is 0.410. The van der Waals surface area contributed by atoms with Crippen LogP contribution in [0.25, 0.3) is 22.0 Å². The number of fused-ring (bicyclic) bond motifs is 1. The molecule has 0 saturated heterocycles. The van der Waals surface area contributed by atoms with Crippen LogP contribution in [-0.4, -0.2) is 16.1 Å². The molecule has 0 aliphatic carbocycles. The second-order valence-electron chi connectivity index (χ2n) is 6.68. The fraction of sp³-hybridized carbons (Fsp3) is 0.0909. The Hall–Kier alpha value is -2.82. The number of hydrogen-bond donors (Lipinski definition) is 2. The van der Waals surface area contributed by atoms with Gasteiger partial charge in [0.25, 0.3) is 5.91 Å². The van der Waals surface area contributed by atoms with Crippen LogP contribution in [0, 0.1) is 13.8 Å². The van der Waals surface area contributed by atoms with Crippen LogP contribution in [-0.2, 0) is 0 Å². The van der Waals surface area contributed by atoms with Gasteiger partial charge in [0.05, 0.1) is 16.1 Å². The Kier molecular flexibility index (Phi) is 4.84. The number of rotatable bonds is 3. The zero-order valence-corrected chi connectivity index (χ0v) is 16.8. The number of anilines is 1. The van der Waals surface area contributed by atoms with Crippen molar-refractivity contribution in [3.63, 3.8) is 0 Å². The molecule has 6 heteroatoms. The van der Waals surface area contributed by atoms with Gasteiger partial charge in [0.2, 0.25) is 0 Å². The van der Waals surface area contributed by atoms with E-state index in [9.17, 15) is 4.79 Å². The van der Waals surface area contributed by atoms with E-state index in [0.29, 0.717) is 21.4 Å². The summed E-state index contributed by atoms with van der Waals surface area (Å²) in [5.41, 5.74) is 5.92. The van der Waals surface area contributed by atoms with Gasteiger partial charge in [-0.3, -0.25) is 9.89 Å². The Labute approximate surface area is 172 Å². The lowest BCUT2D eigenvalue weighted by Crippen LogP contribution is -2.12. The maximum atomic E-state index is 12.6. The highest BCUT2D eigenvalue weighted by molar-refractivity contribution is 6.37. The number of nitrogens with zero attached hydrogens (tertiary/aromatic N) is 1. The Morgan fingerprint density at radius 2 is 1.75 bits per heavy atom. The highest BCUT2D eigenvalue weighted by atomic mass is 35.5. The van der Waals surface area contributed by atoms with Gasteiger partial charge in [-0.25, -0.2) is 0 Å². The summed E-state index contributed by atoms with van der Waals surface area (Å²) in [7, 11) is 0. The van der Waals surface area contributed by atoms with E-state index in [0.717, 1.165) is 16.5 Å². The summed E-state index contributed by atoms with van der Waals surface area (Å²) in [5.74, 6) is 0.118. The van der Waals surface area contributed by atoms with Gasteiger partial charge < -0.3 is 5.32 Å². The Morgan fingerprint density at radius 1 is 1.00 bits per heavy atom. The summed E-state index contributed by atoms with van der Waals surface area (Å²) >= 11 is 12.0. The maximum absolute atomic E-state index is 12.6. The van der Waals surface area contributed by atoms with Gasteiger partial charge >= 0.3 is 0 Å². The normalized spacial score (nSPS) is 11.0. The number of aryl methyl sites for hydroxylation is 2. The number of carbonyl (C=O) groups excluding carboxylic acids is 1. The average Bonchev–Trinajstić information content (AvgIpc) is 3.03. The molecule has 4 aromatic rings. The summed E-state index contributed by atoms with van der Waals surface area (Å²) < 4.78 is 0. The van der Waals surface area contributed by atoms with Crippen LogP contribution in [0.3, 0.4) is 0 Å². The highest BCUT2D eigenvalue weighted by Gasteiger charge is 2.15. The molecule has 0 spiro atoms. The first-order chi connectivity index (χ1) is 13.4. The minimum Gasteiger partial charge on any atom is -0.305 e. The van der Waals surface area contributed by atoms with Crippen LogP contribution >= 0.6 is 23.2 Å². The third-order valence-electron chi connectivity index (χ3n) is 4.74. The molecule has 0 aliphatic heterocycles. The fourth-order valence-electron chi connectivity index (χ4n) is 3.39. The molecular weight excluding hydrogens is 393 g/mol. The topological polar surface area (TPSA) is 57.8 Å². The molecule has 1 heterocycles. The number of aromatic nitrogens is 2. The van der Waals surface area contributed by atoms with Crippen LogP contribution in [0.15, 0.2) is 54.6 Å². The molecule has 0 bridgehead atoms. The molecular formula is C22H17Cl2N3O. The summed E-state index contributed by atoms with van der Waals surface area (Å²) in [6, 6.07) is 17.0. The van der Waals surface area contributed by atoms with Gasteiger partial charge in [-0.1, -0.05) is 47.5 Å². The molecule has 2 N–H and O–H groups in total. The molecule has 0 radical (unpaired) electrons. The van der Waals surface area contributed by atoms with Gasteiger partial charge in [0.1, 0.15) is 0 Å². The average molecular weight is 410 g/mol. The molecule has 1 aromatic heterocycles. The monoisotopic (exact) mass is 409 g/mol. The van der Waals surface area contributed by atoms with E-state index < -0.39 is 0 Å². The first-order valence-corrected chi connectivity index (χ1v) is 9.51. The van der Waals surface area contributed by atoms with Gasteiger partial charge in [-0.05, 0) is 66.4 Å². The zero-order chi connectivity index (χ0) is 19.8. The van der Waals surface area contributed by atoms with E-state index in [1.54, 1.807) is 12.1 Å². The lowest BCUT2D eigenvalue weighted by Gasteiger charge is -2.10. The number of benzene rings is 3. The van der Waals surface area contributed by atoms with Gasteiger partial charge in [0, 0.05) is 10.4 Å². The summed E-state index contributed by atoms with van der Waals surface area (Å²) in [6.07, 6.45) is 0. The van der Waals surface area contributed by atoms with E-state index in [1.807, 2.05) is 18.2 Å². The number of halogens is 2. The predicted molar refractivity (Wildman–Crippen MR) is 115 cm³/mol. The fourth-order valence-corrected chi connectivity index (χ4v) is 3.88. The van der Waals surface area contributed by atoms with Crippen molar-refractivity contribution in [3.8, 4) is 11.1 Å². The molecule has 0 aliphatic rings. The van der Waals surface area contributed by atoms with Crippen molar-refractivity contribution in [1.82, 2.24) is 10.2 Å². The molecule has 3 aromatic carbocycles. The number of amides is 1. The Morgan fingerprint density at radius 3 is 2.46 bits per heavy atom. The molecule has 4 nitrogen and oxygen atoms in total. The number of aromatic amines is 1. The number of hydrogen-bond acceptors (Lipinski definition) is 2. The SMILES string of the molecule is Cc1cccc(C)c1-c1ccc2c(NC(=O)c3ccc(Cl)cc3Cl)n[nH]c2c1. The molecule has 0 saturated carbocycles. The molecule has 0 atom stereocenters. The summed E-state index contributed by atoms with van der Waals surface area (Å²) in [6.45, 7) is 4.20. The van der Waals surface area contributed by atoms with Crippen molar-refractivity contribution in [2.45, 2.75) is 13.8 Å². The lowest BCUT2D eigenvalue weighted by atomic mass is 9.95. The van der Waals surface area contributed by atoms with E-state index in [-0.39, 0.29) is 5.91 Å². The van der Waals surface area contributed by atoms with E-state index in [1.165, 1.54) is 22.8 Å². The van der Waals surface area contributed by atoms with Crippen molar-refractivity contribution < 1.29 is 4.79 Å². The van der Waals surface area contributed by atoms with Crippen molar-refractivity contribution in [3.05, 3.63) is 81.3 Å². The van der Waals surface area contributed by atoms with Crippen LogP contribution in [0.5, 0.6) is 0 Å². The summed E-state index contributed by atoms with van der Waals surface area (Å²) in [5, 5.41) is 11.7. The summed E-state index contributed by atoms with van der Waals surface area (Å²) in [4.78, 5) is 12.6. The number of H-pyrrole nitrogens is 1. The molecule has 0 fully saturated rings. The second-order valence-corrected chi connectivity index (χ2v) is 7.52. The third-order valence-corrected chi connectivity index (χ3v) is 5.29. The predicted octanol–water partition coefficient (Wildman–Crippen LogP) is 6.41. The van der Waals surface area contributed by atoms with Gasteiger partial charge in [-0.2, -0.15) is 5.10 Å². The smallest absolute Gasteiger partial charge is 0.258 e. The van der Waals surface area contributed by atoms with E-state index >= 15 is 0 Å². The van der Waals surface area contributed by atoms with Crippen LogP contribution in [0.1, 0.15) is 21.5 Å². The minimum absolute atomic E-state index is 0.294. The van der Waals surface area contributed by atoms with Crippen LogP contribution < -0.4 is 5.32 Å². The van der Waals surface area contributed by atoms with Gasteiger partial charge in [0.15, 0.2) is 5.82 Å². The third kappa shape index (κ3) is 3.37. The number of nitrogens with one attached hydrogen (secondary N) is 2. The van der Waals surface area contributed by atoms with Crippen molar-refractivity contribution in [2.75, 3.05) is 5.32 Å². The van der Waals surface area contributed by atoms with E-state index in [2.05, 4.69) is 47.6 Å². The molecule has 1 amide bonds. The second kappa shape index (κ2) is 7.30. The molecule has 0 unspecified atom stereocenters. The van der Waals surface area contributed by atoms with E-state index in [4.69, 9.17) is 23.2 Å². The highest BCUT2D eigenvalue weighted by Crippen LogP contribution is 2.31. The molecule has 4 rings (SSSR count). The number of carbonyl (C=O) groups is 1. The Balaban J connectivity index is 1.68. The van der Waals surface area contributed by atoms with Gasteiger partial charge in [-0.15, -0.1) is 0 Å². The first kappa shape index (κ1) is 18.5. The molecule has 28 heavy (non-hydrogen) atoms. The standard InChI is InChI=1S/C22H17Cl2N3O/c1-12-4-3-5-13(2)20(12)14-6-8-17-19(10-14)26-27-21(17)25-22(28)16-9-7-15(23)11-18(16)24/h3-11H,1-2H3,(H2,25,26,27,28). The van der Waals surface area contributed by atoms with Crippen molar-refractivity contribution in [1.29, 1.82) is 0 Å². The minimum atomic E-state index is -0.339. The first-order valence-electron chi connectivity index (χ1n) is 8.75. The van der Waals surface area contributed by atoms with Crippen LogP contribution in [0.2, 0.25) is 10.0 Å².